The van der Waals surface area contributed by atoms with E-state index >= 15 is 0 Å². The summed E-state index contributed by atoms with van der Waals surface area (Å²) in [5.74, 6) is 2.33. The lowest BCUT2D eigenvalue weighted by molar-refractivity contribution is -0.566. The molecule has 4 fully saturated rings. The first-order valence-electron chi connectivity index (χ1n) is 18.2. The summed E-state index contributed by atoms with van der Waals surface area (Å²) in [6, 6.07) is 1.24. The molecule has 0 N–H and O–H groups in total. The van der Waals surface area contributed by atoms with Crippen molar-refractivity contribution in [3.63, 3.8) is 0 Å². The summed E-state index contributed by atoms with van der Waals surface area (Å²) in [5.41, 5.74) is 6.04. The molecule has 2 nitrogen and oxygen atoms in total. The Balaban J connectivity index is 1.36. The van der Waals surface area contributed by atoms with Gasteiger partial charge in [0.25, 0.3) is 0 Å². The summed E-state index contributed by atoms with van der Waals surface area (Å²) < 4.78 is 2.75. The van der Waals surface area contributed by atoms with Gasteiger partial charge in [0.05, 0.1) is 5.41 Å². The number of halogens is 3. The molecule has 6 aliphatic rings. The maximum absolute atomic E-state index is 7.47. The topological polar surface area (TPSA) is 6.25 Å². The molecule has 6 rings (SSSR count). The zero-order valence-corrected chi connectivity index (χ0v) is 30.6. The maximum atomic E-state index is 7.47. The lowest BCUT2D eigenvalue weighted by Gasteiger charge is -2.36. The molecule has 8 atom stereocenters. The molecule has 0 spiro atoms. The Morgan fingerprint density at radius 3 is 2.18 bits per heavy atom. The van der Waals surface area contributed by atoms with E-state index in [9.17, 15) is 0 Å². The van der Waals surface area contributed by atoms with Crippen LogP contribution in [0.1, 0.15) is 119 Å². The second-order valence-electron chi connectivity index (χ2n) is 16.2. The smallest absolute Gasteiger partial charge is 0.182 e. The molecule has 44 heavy (non-hydrogen) atoms. The molecule has 244 valence electrons. The largest absolute Gasteiger partial charge is 0.371 e. The van der Waals surface area contributed by atoms with Crippen LogP contribution in [0.3, 0.4) is 0 Å². The van der Waals surface area contributed by atoms with Crippen LogP contribution in [0.5, 0.6) is 0 Å². The lowest BCUT2D eigenvalue weighted by Crippen LogP contribution is -2.38. The van der Waals surface area contributed by atoms with Crippen molar-refractivity contribution in [2.45, 2.75) is 141 Å². The van der Waals surface area contributed by atoms with Crippen molar-refractivity contribution < 1.29 is 4.58 Å². The maximum Gasteiger partial charge on any atom is 0.182 e. The van der Waals surface area contributed by atoms with Gasteiger partial charge in [-0.3, -0.25) is 0 Å². The highest BCUT2D eigenvalue weighted by Gasteiger charge is 2.56. The van der Waals surface area contributed by atoms with Crippen LogP contribution < -0.4 is 0 Å². The third-order valence-corrected chi connectivity index (χ3v) is 14.2. The van der Waals surface area contributed by atoms with Gasteiger partial charge >= 0.3 is 0 Å². The van der Waals surface area contributed by atoms with Gasteiger partial charge in [0, 0.05) is 64.3 Å². The lowest BCUT2D eigenvalue weighted by atomic mass is 9.69. The van der Waals surface area contributed by atoms with Crippen LogP contribution in [0.2, 0.25) is 0 Å². The minimum atomic E-state index is 0.125. The Bertz CT molecular complexity index is 1250. The fourth-order valence-corrected chi connectivity index (χ4v) is 11.8. The average Bonchev–Trinajstić information content (AvgIpc) is 3.46. The molecule has 0 radical (unpaired) electrons. The number of allylic oxidation sites excluding steroid dienone is 8. The normalized spacial score (nSPS) is 40.0. The second kappa shape index (κ2) is 13.1. The van der Waals surface area contributed by atoms with Crippen molar-refractivity contribution in [2.24, 2.45) is 34.5 Å². The number of likely N-dealkylation sites (tertiary alicyclic amines) is 1. The van der Waals surface area contributed by atoms with Crippen molar-refractivity contribution in [3.05, 3.63) is 46.2 Å². The summed E-state index contributed by atoms with van der Waals surface area (Å²) in [5, 5.41) is 1.66. The van der Waals surface area contributed by atoms with Crippen LogP contribution in [-0.2, 0) is 0 Å². The first kappa shape index (κ1) is 33.2. The number of hydrogen-bond acceptors (Lipinski definition) is 1. The van der Waals surface area contributed by atoms with Gasteiger partial charge in [-0.05, 0) is 100 Å². The van der Waals surface area contributed by atoms with Crippen molar-refractivity contribution in [1.29, 1.82) is 0 Å². The molecular weight excluding hydrogens is 603 g/mol. The van der Waals surface area contributed by atoms with Gasteiger partial charge in [-0.1, -0.05) is 64.3 Å². The van der Waals surface area contributed by atoms with Crippen LogP contribution in [0, 0.1) is 34.5 Å². The molecule has 5 heteroatoms. The predicted molar refractivity (Wildman–Crippen MR) is 190 cm³/mol. The van der Waals surface area contributed by atoms with Crippen molar-refractivity contribution in [2.75, 3.05) is 13.1 Å². The van der Waals surface area contributed by atoms with E-state index in [4.69, 9.17) is 34.8 Å². The monoisotopic (exact) mass is 659 g/mol. The van der Waals surface area contributed by atoms with Crippen LogP contribution in [0.4, 0.5) is 0 Å². The average molecular weight is 661 g/mol. The highest BCUT2D eigenvalue weighted by Crippen LogP contribution is 2.55. The molecule has 0 aromatic heterocycles. The first-order chi connectivity index (χ1) is 21.0. The van der Waals surface area contributed by atoms with E-state index in [1.807, 2.05) is 0 Å². The Morgan fingerprint density at radius 1 is 0.795 bits per heavy atom. The van der Waals surface area contributed by atoms with Gasteiger partial charge < -0.3 is 4.90 Å². The summed E-state index contributed by atoms with van der Waals surface area (Å²) >= 11 is 21.0. The van der Waals surface area contributed by atoms with Gasteiger partial charge in [0.1, 0.15) is 6.54 Å². The van der Waals surface area contributed by atoms with E-state index in [-0.39, 0.29) is 10.8 Å². The van der Waals surface area contributed by atoms with Crippen LogP contribution >= 0.6 is 34.8 Å². The minimum absolute atomic E-state index is 0.125. The van der Waals surface area contributed by atoms with Crippen LogP contribution in [-0.4, -0.2) is 51.1 Å². The van der Waals surface area contributed by atoms with Crippen molar-refractivity contribution in [3.8, 4) is 0 Å². The summed E-state index contributed by atoms with van der Waals surface area (Å²) in [7, 11) is 0. The van der Waals surface area contributed by atoms with Crippen molar-refractivity contribution >= 4 is 40.5 Å². The zero-order chi connectivity index (χ0) is 31.4. The molecule has 0 amide bonds. The molecule has 0 bridgehead atoms. The van der Waals surface area contributed by atoms with Gasteiger partial charge in [-0.15, -0.1) is 23.2 Å². The Hall–Kier alpha value is -0.700. The summed E-state index contributed by atoms with van der Waals surface area (Å²) in [6.45, 7) is 16.8. The quantitative estimate of drug-likeness (QED) is 0.195. The predicted octanol–water partition coefficient (Wildman–Crippen LogP) is 10.9. The second-order valence-corrected chi connectivity index (χ2v) is 17.8. The zero-order valence-electron chi connectivity index (χ0n) is 28.4. The van der Waals surface area contributed by atoms with Crippen molar-refractivity contribution in [1.82, 2.24) is 4.90 Å². The number of alkyl halides is 2. The molecular formula is C39H58Cl3N2+. The van der Waals surface area contributed by atoms with Gasteiger partial charge in [0.2, 0.25) is 0 Å². The van der Waals surface area contributed by atoms with E-state index in [0.29, 0.717) is 46.5 Å². The molecule has 2 aliphatic heterocycles. The number of rotatable bonds is 7. The molecule has 8 unspecified atom stereocenters. The van der Waals surface area contributed by atoms with Crippen LogP contribution in [0.15, 0.2) is 46.2 Å². The molecule has 3 saturated carbocycles. The summed E-state index contributed by atoms with van der Waals surface area (Å²) in [6.07, 6.45) is 24.3. The SMILES string of the molecule is CCCN1/C(=C/C=C2C(Cl)=C(/C=C/C3=[N+](CCC)C4CCC(Cl)CC4C3(C)C)C3CCCCC/23)C(C)(C)C2CC(Cl)CCC21. The fraction of sp³-hybridized carbons (Fsp3) is 0.769. The Kier molecular flexibility index (Phi) is 9.86. The standard InChI is InChI=1S/C39H58Cl3N2/c1-7-21-43-33-17-13-25(40)23-31(33)38(3,4)35(43)19-15-29-27-11-9-10-12-28(27)30(37(29)42)16-20-36-39(5,6)32-24-26(41)14-18-34(32)44(36)22-8-2/h15-16,19-20,25-28,31-34H,7-14,17-18,21-24H2,1-6H3/q+1. The van der Waals surface area contributed by atoms with Gasteiger partial charge in [-0.2, -0.15) is 0 Å². The summed E-state index contributed by atoms with van der Waals surface area (Å²) in [4.78, 5) is 2.75. The highest BCUT2D eigenvalue weighted by molar-refractivity contribution is 6.33. The number of fused-ring (bicyclic) bond motifs is 3. The Morgan fingerprint density at radius 2 is 1.48 bits per heavy atom. The molecule has 1 saturated heterocycles. The van der Waals surface area contributed by atoms with E-state index in [1.165, 1.54) is 73.9 Å². The molecule has 2 heterocycles. The van der Waals surface area contributed by atoms with E-state index < -0.39 is 0 Å². The Labute approximate surface area is 284 Å². The van der Waals surface area contributed by atoms with E-state index in [0.717, 1.165) is 43.8 Å². The molecule has 0 aromatic carbocycles. The molecule has 0 aromatic rings. The highest BCUT2D eigenvalue weighted by atomic mass is 35.5. The van der Waals surface area contributed by atoms with E-state index in [2.05, 4.69) is 75.3 Å². The van der Waals surface area contributed by atoms with Gasteiger partial charge in [-0.25, -0.2) is 4.58 Å². The first-order valence-corrected chi connectivity index (χ1v) is 19.4. The van der Waals surface area contributed by atoms with Crippen LogP contribution in [0.25, 0.3) is 0 Å². The minimum Gasteiger partial charge on any atom is -0.371 e. The number of hydrogen-bond donors (Lipinski definition) is 0. The van der Waals surface area contributed by atoms with Gasteiger partial charge in [0.15, 0.2) is 11.8 Å². The number of nitrogens with zero attached hydrogens (tertiary/aromatic N) is 2. The molecule has 4 aliphatic carbocycles. The third-order valence-electron chi connectivity index (χ3n) is 12.9. The third kappa shape index (κ3) is 5.72. The fourth-order valence-electron chi connectivity index (χ4n) is 10.8. The van der Waals surface area contributed by atoms with E-state index in [1.54, 1.807) is 0 Å².